The van der Waals surface area contributed by atoms with Crippen molar-refractivity contribution in [2.24, 2.45) is 0 Å². The molecule has 1 aromatic heterocycles. The number of alkyl halides is 1. The largest absolute Gasteiger partial charge is 0.454 e. The summed E-state index contributed by atoms with van der Waals surface area (Å²) >= 11 is 7.32. The van der Waals surface area contributed by atoms with Gasteiger partial charge in [-0.1, -0.05) is 6.07 Å². The van der Waals surface area contributed by atoms with Crippen LogP contribution >= 0.6 is 22.9 Å². The topological polar surface area (TPSA) is 38.8 Å². The lowest BCUT2D eigenvalue weighted by molar-refractivity contribution is -0.116. The third kappa shape index (κ3) is 2.59. The molecule has 4 nitrogen and oxygen atoms in total. The molecule has 0 unspecified atom stereocenters. The number of fused-ring (bicyclic) bond motifs is 1. The van der Waals surface area contributed by atoms with E-state index < -0.39 is 0 Å². The highest BCUT2D eigenvalue weighted by molar-refractivity contribution is 7.09. The SMILES string of the molecule is O=C(CCl)N(Cc1cccs1)c1ccc2c(c1)OCO2. The maximum atomic E-state index is 12.1. The van der Waals surface area contributed by atoms with Crippen LogP contribution in [0.2, 0.25) is 0 Å². The van der Waals surface area contributed by atoms with Crippen molar-refractivity contribution in [3.63, 3.8) is 0 Å². The lowest BCUT2D eigenvalue weighted by atomic mass is 10.2. The number of amides is 1. The smallest absolute Gasteiger partial charge is 0.242 e. The van der Waals surface area contributed by atoms with Crippen LogP contribution in [-0.4, -0.2) is 18.6 Å². The summed E-state index contributed by atoms with van der Waals surface area (Å²) in [5.74, 6) is 1.16. The molecule has 20 heavy (non-hydrogen) atoms. The summed E-state index contributed by atoms with van der Waals surface area (Å²) in [7, 11) is 0. The predicted molar refractivity (Wildman–Crippen MR) is 78.8 cm³/mol. The van der Waals surface area contributed by atoms with E-state index in [0.29, 0.717) is 18.0 Å². The first-order chi connectivity index (χ1) is 9.78. The number of carbonyl (C=O) groups is 1. The molecular formula is C14H12ClNO3S. The third-order valence-corrected chi connectivity index (χ3v) is 4.07. The van der Waals surface area contributed by atoms with Crippen molar-refractivity contribution in [2.75, 3.05) is 17.6 Å². The quantitative estimate of drug-likeness (QED) is 0.814. The molecule has 1 amide bonds. The lowest BCUT2D eigenvalue weighted by Crippen LogP contribution is -2.30. The number of hydrogen-bond donors (Lipinski definition) is 0. The van der Waals surface area contributed by atoms with Gasteiger partial charge in [0.05, 0.1) is 6.54 Å². The summed E-state index contributed by atoms with van der Waals surface area (Å²) in [6, 6.07) is 9.40. The number of nitrogens with zero attached hydrogens (tertiary/aromatic N) is 1. The van der Waals surface area contributed by atoms with Crippen molar-refractivity contribution >= 4 is 34.5 Å². The van der Waals surface area contributed by atoms with Crippen LogP contribution < -0.4 is 14.4 Å². The number of anilines is 1. The van der Waals surface area contributed by atoms with Gasteiger partial charge in [-0.15, -0.1) is 22.9 Å². The molecule has 2 aromatic rings. The van der Waals surface area contributed by atoms with Crippen LogP contribution in [0.25, 0.3) is 0 Å². The first-order valence-electron chi connectivity index (χ1n) is 6.06. The molecule has 1 aromatic carbocycles. The fourth-order valence-corrected chi connectivity index (χ4v) is 2.84. The van der Waals surface area contributed by atoms with E-state index in [1.165, 1.54) is 0 Å². The Hall–Kier alpha value is -1.72. The highest BCUT2D eigenvalue weighted by Crippen LogP contribution is 2.36. The van der Waals surface area contributed by atoms with Gasteiger partial charge in [0.25, 0.3) is 0 Å². The molecule has 0 N–H and O–H groups in total. The monoisotopic (exact) mass is 309 g/mol. The second-order valence-corrected chi connectivity index (χ2v) is 5.53. The fraction of sp³-hybridized carbons (Fsp3) is 0.214. The summed E-state index contributed by atoms with van der Waals surface area (Å²) in [6.07, 6.45) is 0. The minimum atomic E-state index is -0.140. The minimum absolute atomic E-state index is 0.0557. The number of halogens is 1. The zero-order chi connectivity index (χ0) is 13.9. The Kier molecular flexibility index (Phi) is 3.80. The molecule has 1 aliphatic heterocycles. The van der Waals surface area contributed by atoms with Crippen LogP contribution in [0, 0.1) is 0 Å². The summed E-state index contributed by atoms with van der Waals surface area (Å²) in [5.41, 5.74) is 0.758. The van der Waals surface area contributed by atoms with Gasteiger partial charge in [0.1, 0.15) is 5.88 Å². The zero-order valence-corrected chi connectivity index (χ0v) is 12.1. The summed E-state index contributed by atoms with van der Waals surface area (Å²) in [5, 5.41) is 1.98. The number of rotatable bonds is 4. The van der Waals surface area contributed by atoms with Gasteiger partial charge >= 0.3 is 0 Å². The molecular weight excluding hydrogens is 298 g/mol. The molecule has 0 bridgehead atoms. The van der Waals surface area contributed by atoms with E-state index in [0.717, 1.165) is 10.6 Å². The van der Waals surface area contributed by atoms with Gasteiger partial charge in [0.2, 0.25) is 12.7 Å². The Morgan fingerprint density at radius 1 is 1.30 bits per heavy atom. The Labute approximate surface area is 125 Å². The van der Waals surface area contributed by atoms with Crippen molar-refractivity contribution in [2.45, 2.75) is 6.54 Å². The van der Waals surface area contributed by atoms with Crippen LogP contribution in [0.15, 0.2) is 35.7 Å². The van der Waals surface area contributed by atoms with E-state index in [1.54, 1.807) is 28.4 Å². The number of hydrogen-bond acceptors (Lipinski definition) is 4. The highest BCUT2D eigenvalue weighted by atomic mass is 35.5. The van der Waals surface area contributed by atoms with E-state index >= 15 is 0 Å². The fourth-order valence-electron chi connectivity index (χ4n) is 2.01. The third-order valence-electron chi connectivity index (χ3n) is 2.98. The second-order valence-electron chi connectivity index (χ2n) is 4.23. The molecule has 0 aliphatic carbocycles. The van der Waals surface area contributed by atoms with E-state index in [1.807, 2.05) is 23.6 Å². The van der Waals surface area contributed by atoms with Crippen LogP contribution in [0.4, 0.5) is 5.69 Å². The molecule has 0 fully saturated rings. The van der Waals surface area contributed by atoms with Gasteiger partial charge in [-0.25, -0.2) is 0 Å². The molecule has 2 heterocycles. The standard InChI is InChI=1S/C14H12ClNO3S/c15-7-14(17)16(8-11-2-1-5-20-11)10-3-4-12-13(6-10)19-9-18-12/h1-6H,7-9H2. The van der Waals surface area contributed by atoms with Gasteiger partial charge in [-0.05, 0) is 23.6 Å². The average Bonchev–Trinajstić information content (AvgIpc) is 3.14. The number of thiophene rings is 1. The van der Waals surface area contributed by atoms with Gasteiger partial charge in [-0.3, -0.25) is 4.79 Å². The first kappa shape index (κ1) is 13.3. The van der Waals surface area contributed by atoms with Gasteiger partial charge in [0.15, 0.2) is 11.5 Å². The lowest BCUT2D eigenvalue weighted by Gasteiger charge is -2.21. The molecule has 3 rings (SSSR count). The number of benzene rings is 1. The summed E-state index contributed by atoms with van der Waals surface area (Å²) in [4.78, 5) is 14.8. The van der Waals surface area contributed by atoms with Gasteiger partial charge in [0, 0.05) is 16.6 Å². The molecule has 0 atom stereocenters. The van der Waals surface area contributed by atoms with E-state index in [9.17, 15) is 4.79 Å². The second kappa shape index (κ2) is 5.73. The molecule has 6 heteroatoms. The maximum absolute atomic E-state index is 12.1. The number of carbonyl (C=O) groups excluding carboxylic acids is 1. The highest BCUT2D eigenvalue weighted by Gasteiger charge is 2.20. The molecule has 0 radical (unpaired) electrons. The van der Waals surface area contributed by atoms with Crippen LogP contribution in [0.1, 0.15) is 4.88 Å². The zero-order valence-electron chi connectivity index (χ0n) is 10.5. The first-order valence-corrected chi connectivity index (χ1v) is 7.47. The van der Waals surface area contributed by atoms with Crippen molar-refractivity contribution in [3.8, 4) is 11.5 Å². The molecule has 1 aliphatic rings. The summed E-state index contributed by atoms with van der Waals surface area (Å²) in [6.45, 7) is 0.718. The number of ether oxygens (including phenoxy) is 2. The Morgan fingerprint density at radius 3 is 2.90 bits per heavy atom. The Morgan fingerprint density at radius 2 is 2.15 bits per heavy atom. The van der Waals surface area contributed by atoms with Crippen molar-refractivity contribution in [1.82, 2.24) is 0 Å². The van der Waals surface area contributed by atoms with E-state index in [-0.39, 0.29) is 18.6 Å². The molecule has 0 spiro atoms. The molecule has 0 saturated carbocycles. The molecule has 104 valence electrons. The van der Waals surface area contributed by atoms with Gasteiger partial charge < -0.3 is 14.4 Å². The molecule has 0 saturated heterocycles. The maximum Gasteiger partial charge on any atom is 0.242 e. The van der Waals surface area contributed by atoms with Crippen molar-refractivity contribution in [3.05, 3.63) is 40.6 Å². The predicted octanol–water partition coefficient (Wildman–Crippen LogP) is 3.25. The van der Waals surface area contributed by atoms with E-state index in [2.05, 4.69) is 0 Å². The summed E-state index contributed by atoms with van der Waals surface area (Å²) < 4.78 is 10.6. The minimum Gasteiger partial charge on any atom is -0.454 e. The Balaban J connectivity index is 1.90. The van der Waals surface area contributed by atoms with Crippen LogP contribution in [0.3, 0.4) is 0 Å². The normalized spacial score (nSPS) is 12.4. The van der Waals surface area contributed by atoms with Crippen molar-refractivity contribution < 1.29 is 14.3 Å². The van der Waals surface area contributed by atoms with Crippen molar-refractivity contribution in [1.29, 1.82) is 0 Å². The average molecular weight is 310 g/mol. The van der Waals surface area contributed by atoms with Gasteiger partial charge in [-0.2, -0.15) is 0 Å². The Bertz CT molecular complexity index is 615. The van der Waals surface area contributed by atoms with Crippen LogP contribution in [0.5, 0.6) is 11.5 Å². The van der Waals surface area contributed by atoms with Crippen LogP contribution in [-0.2, 0) is 11.3 Å². The van der Waals surface area contributed by atoms with E-state index in [4.69, 9.17) is 21.1 Å².